The highest BCUT2D eigenvalue weighted by Crippen LogP contribution is 2.27. The first-order valence-corrected chi connectivity index (χ1v) is 9.63. The minimum Gasteiger partial charge on any atom is -0.481 e. The number of rotatable bonds is 15. The quantitative estimate of drug-likeness (QED) is 0.398. The molecule has 0 spiro atoms. The van der Waals surface area contributed by atoms with Gasteiger partial charge in [0.15, 0.2) is 0 Å². The van der Waals surface area contributed by atoms with Crippen LogP contribution in [0.15, 0.2) is 6.20 Å². The third-order valence-corrected chi connectivity index (χ3v) is 4.39. The first-order valence-electron chi connectivity index (χ1n) is 9.63. The first kappa shape index (κ1) is 23.2. The number of aliphatic carboxylic acids is 1. The number of carboxylic acid groups (broad SMARTS) is 1. The molecule has 0 saturated heterocycles. The van der Waals surface area contributed by atoms with Crippen LogP contribution in [-0.2, 0) is 22.2 Å². The molecule has 0 aliphatic carbocycles. The summed E-state index contributed by atoms with van der Waals surface area (Å²) in [4.78, 5) is 27.9. The van der Waals surface area contributed by atoms with E-state index in [0.29, 0.717) is 6.42 Å². The van der Waals surface area contributed by atoms with E-state index in [9.17, 15) is 22.8 Å². The number of carbonyl (C=O) groups is 2. The van der Waals surface area contributed by atoms with Crippen molar-refractivity contribution in [3.63, 3.8) is 0 Å². The van der Waals surface area contributed by atoms with E-state index < -0.39 is 17.8 Å². The average molecular weight is 390 g/mol. The van der Waals surface area contributed by atoms with Gasteiger partial charge in [-0.05, 0) is 12.8 Å². The summed E-state index contributed by atoms with van der Waals surface area (Å²) >= 11 is 0. The molecule has 0 aromatic carbocycles. The van der Waals surface area contributed by atoms with Crippen LogP contribution in [0.5, 0.6) is 0 Å². The maximum absolute atomic E-state index is 12.4. The number of nitrogens with zero attached hydrogens (tertiary/aromatic N) is 1. The van der Waals surface area contributed by atoms with Crippen LogP contribution in [-0.4, -0.2) is 26.8 Å². The number of hydrogen-bond donors (Lipinski definition) is 2. The Bertz CT molecular complexity index is 571. The molecule has 0 aliphatic rings. The zero-order valence-electron chi connectivity index (χ0n) is 15.6. The fraction of sp³-hybridized carbons (Fsp3) is 0.737. The molecule has 1 rings (SSSR count). The standard InChI is InChI=1S/C19H29F3N2O3/c20-19(21,22)16-14-23-17(24-16)13-15(25)11-9-7-5-3-1-2-4-6-8-10-12-18(26)27/h14H,1-13H2,(H,23,24)(H,26,27). The van der Waals surface area contributed by atoms with Gasteiger partial charge in [-0.15, -0.1) is 0 Å². The SMILES string of the molecule is O=C(O)CCCCCCCCCCCCC(=O)Cc1ncc(C(F)(F)F)[nH]1. The van der Waals surface area contributed by atoms with Gasteiger partial charge in [-0.1, -0.05) is 51.4 Å². The fourth-order valence-electron chi connectivity index (χ4n) is 2.88. The molecule has 0 atom stereocenters. The highest BCUT2D eigenvalue weighted by atomic mass is 19.4. The molecule has 2 N–H and O–H groups in total. The van der Waals surface area contributed by atoms with Gasteiger partial charge >= 0.3 is 12.1 Å². The fourth-order valence-corrected chi connectivity index (χ4v) is 2.88. The summed E-state index contributed by atoms with van der Waals surface area (Å²) in [6.45, 7) is 0. The van der Waals surface area contributed by atoms with E-state index in [1.807, 2.05) is 0 Å². The van der Waals surface area contributed by atoms with Crippen LogP contribution in [0.1, 0.15) is 88.6 Å². The van der Waals surface area contributed by atoms with E-state index >= 15 is 0 Å². The second kappa shape index (κ2) is 12.5. The van der Waals surface area contributed by atoms with Gasteiger partial charge in [0.2, 0.25) is 0 Å². The molecule has 1 aromatic heterocycles. The first-order chi connectivity index (χ1) is 12.8. The Morgan fingerprint density at radius 1 is 0.889 bits per heavy atom. The van der Waals surface area contributed by atoms with Gasteiger partial charge in [-0.25, -0.2) is 4.98 Å². The van der Waals surface area contributed by atoms with Crippen molar-refractivity contribution in [3.8, 4) is 0 Å². The number of ketones is 1. The van der Waals surface area contributed by atoms with Crippen molar-refractivity contribution in [1.29, 1.82) is 0 Å². The van der Waals surface area contributed by atoms with Crippen molar-refractivity contribution in [2.24, 2.45) is 0 Å². The van der Waals surface area contributed by atoms with E-state index in [1.54, 1.807) is 0 Å². The van der Waals surface area contributed by atoms with E-state index in [2.05, 4.69) is 9.97 Å². The lowest BCUT2D eigenvalue weighted by atomic mass is 10.0. The van der Waals surface area contributed by atoms with Gasteiger partial charge in [0.05, 0.1) is 12.6 Å². The predicted octanol–water partition coefficient (Wildman–Crippen LogP) is 5.31. The van der Waals surface area contributed by atoms with Crippen LogP contribution in [0.3, 0.4) is 0 Å². The molecule has 0 aliphatic heterocycles. The molecule has 1 aromatic rings. The van der Waals surface area contributed by atoms with Gasteiger partial charge in [-0.2, -0.15) is 13.2 Å². The van der Waals surface area contributed by atoms with Gasteiger partial charge in [-0.3, -0.25) is 9.59 Å². The maximum atomic E-state index is 12.4. The van der Waals surface area contributed by atoms with Crippen LogP contribution >= 0.6 is 0 Å². The van der Waals surface area contributed by atoms with Crippen LogP contribution in [0, 0.1) is 0 Å². The Morgan fingerprint density at radius 2 is 1.37 bits per heavy atom. The predicted molar refractivity (Wildman–Crippen MR) is 95.3 cm³/mol. The summed E-state index contributed by atoms with van der Waals surface area (Å²) in [6, 6.07) is 0. The largest absolute Gasteiger partial charge is 0.481 e. The number of aromatic nitrogens is 2. The van der Waals surface area contributed by atoms with E-state index in [4.69, 9.17) is 5.11 Å². The maximum Gasteiger partial charge on any atom is 0.432 e. The van der Waals surface area contributed by atoms with Crippen molar-refractivity contribution in [1.82, 2.24) is 9.97 Å². The van der Waals surface area contributed by atoms with Gasteiger partial charge in [0.1, 0.15) is 17.3 Å². The van der Waals surface area contributed by atoms with Crippen molar-refractivity contribution < 1.29 is 27.9 Å². The molecule has 27 heavy (non-hydrogen) atoms. The lowest BCUT2D eigenvalue weighted by Crippen LogP contribution is -2.07. The third-order valence-electron chi connectivity index (χ3n) is 4.39. The monoisotopic (exact) mass is 390 g/mol. The Kier molecular flexibility index (Phi) is 10.7. The number of hydrogen-bond acceptors (Lipinski definition) is 3. The number of H-pyrrole nitrogens is 1. The zero-order valence-corrected chi connectivity index (χ0v) is 15.6. The van der Waals surface area contributed by atoms with Crippen LogP contribution in [0.2, 0.25) is 0 Å². The lowest BCUT2D eigenvalue weighted by molar-refractivity contribution is -0.141. The van der Waals surface area contributed by atoms with Crippen LogP contribution < -0.4 is 0 Å². The minimum atomic E-state index is -4.47. The van der Waals surface area contributed by atoms with Gasteiger partial charge in [0.25, 0.3) is 0 Å². The Morgan fingerprint density at radius 3 is 1.81 bits per heavy atom. The van der Waals surface area contributed by atoms with Gasteiger partial charge < -0.3 is 10.1 Å². The summed E-state index contributed by atoms with van der Waals surface area (Å²) < 4.78 is 37.3. The number of alkyl halides is 3. The number of imidazole rings is 1. The smallest absolute Gasteiger partial charge is 0.432 e. The molecule has 5 nitrogen and oxygen atoms in total. The summed E-state index contributed by atoms with van der Waals surface area (Å²) in [7, 11) is 0. The topological polar surface area (TPSA) is 83.0 Å². The average Bonchev–Trinajstić information content (AvgIpc) is 3.04. The van der Waals surface area contributed by atoms with Crippen molar-refractivity contribution >= 4 is 11.8 Å². The lowest BCUT2D eigenvalue weighted by Gasteiger charge is -2.03. The molecule has 1 heterocycles. The van der Waals surface area contributed by atoms with Crippen LogP contribution in [0.4, 0.5) is 13.2 Å². The number of carboxylic acids is 1. The molecule has 0 bridgehead atoms. The Hall–Kier alpha value is -1.86. The highest BCUT2D eigenvalue weighted by molar-refractivity contribution is 5.80. The summed E-state index contributed by atoms with van der Waals surface area (Å²) in [5.74, 6) is -0.765. The summed E-state index contributed by atoms with van der Waals surface area (Å²) in [5, 5.41) is 8.53. The molecule has 0 radical (unpaired) electrons. The van der Waals surface area contributed by atoms with Crippen molar-refractivity contribution in [2.75, 3.05) is 0 Å². The molecular formula is C19H29F3N2O3. The minimum absolute atomic E-state index is 0.0654. The third kappa shape index (κ3) is 11.5. The van der Waals surface area contributed by atoms with Crippen molar-refractivity contribution in [2.45, 2.75) is 89.6 Å². The van der Waals surface area contributed by atoms with E-state index in [1.165, 1.54) is 0 Å². The van der Waals surface area contributed by atoms with Crippen LogP contribution in [0.25, 0.3) is 0 Å². The zero-order chi connectivity index (χ0) is 20.1. The highest BCUT2D eigenvalue weighted by Gasteiger charge is 2.33. The Labute approximate surface area is 157 Å². The van der Waals surface area contributed by atoms with E-state index in [0.717, 1.165) is 70.4 Å². The van der Waals surface area contributed by atoms with E-state index in [-0.39, 0.29) is 24.4 Å². The molecular weight excluding hydrogens is 361 g/mol. The number of nitrogens with one attached hydrogen (secondary N) is 1. The molecule has 0 amide bonds. The molecule has 8 heteroatoms. The van der Waals surface area contributed by atoms with Crippen molar-refractivity contribution in [3.05, 3.63) is 17.7 Å². The number of halogens is 3. The second-order valence-electron chi connectivity index (χ2n) is 6.89. The number of Topliss-reactive ketones (excluding diaryl/α,β-unsaturated/α-hetero) is 1. The summed E-state index contributed by atoms with van der Waals surface area (Å²) in [6.07, 6.45) is 6.83. The summed E-state index contributed by atoms with van der Waals surface area (Å²) in [5.41, 5.74) is -0.924. The molecule has 0 saturated carbocycles. The molecule has 0 unspecified atom stereocenters. The normalized spacial score (nSPS) is 11.7. The number of aromatic amines is 1. The number of carbonyl (C=O) groups excluding carboxylic acids is 1. The van der Waals surface area contributed by atoms with Gasteiger partial charge in [0, 0.05) is 12.8 Å². The Balaban J connectivity index is 1.95. The molecule has 154 valence electrons. The number of unbranched alkanes of at least 4 members (excludes halogenated alkanes) is 9. The second-order valence-corrected chi connectivity index (χ2v) is 6.89. The molecule has 0 fully saturated rings.